The lowest BCUT2D eigenvalue weighted by Gasteiger charge is -2.17. The summed E-state index contributed by atoms with van der Waals surface area (Å²) in [6.07, 6.45) is 4.81. The first kappa shape index (κ1) is 10.7. The largest absolute Gasteiger partial charge is 0.356 e. The Kier molecular flexibility index (Phi) is 2.91. The van der Waals surface area contributed by atoms with Crippen LogP contribution in [0.3, 0.4) is 0 Å². The van der Waals surface area contributed by atoms with E-state index in [1.54, 1.807) is 6.20 Å². The van der Waals surface area contributed by atoms with Crippen molar-refractivity contribution in [2.75, 3.05) is 18.0 Å². The van der Waals surface area contributed by atoms with E-state index in [0.29, 0.717) is 11.5 Å². The first-order valence-corrected chi connectivity index (χ1v) is 5.49. The van der Waals surface area contributed by atoms with Crippen LogP contribution >= 0.6 is 0 Å². The van der Waals surface area contributed by atoms with Crippen molar-refractivity contribution >= 4 is 5.82 Å². The van der Waals surface area contributed by atoms with Crippen LogP contribution in [0.4, 0.5) is 5.82 Å². The van der Waals surface area contributed by atoms with E-state index in [0.717, 1.165) is 30.9 Å². The lowest BCUT2D eigenvalue weighted by atomic mass is 10.1. The normalized spacial score (nSPS) is 19.5. The Morgan fingerprint density at radius 2 is 2.50 bits per heavy atom. The molecule has 16 heavy (non-hydrogen) atoms. The summed E-state index contributed by atoms with van der Waals surface area (Å²) in [4.78, 5) is 6.58. The molecule has 0 amide bonds. The summed E-state index contributed by atoms with van der Waals surface area (Å²) in [5, 5.41) is 8.84. The van der Waals surface area contributed by atoms with E-state index in [9.17, 15) is 0 Å². The zero-order chi connectivity index (χ0) is 11.5. The second-order valence-electron chi connectivity index (χ2n) is 4.20. The topological polar surface area (TPSA) is 39.9 Å². The predicted molar refractivity (Wildman–Crippen MR) is 64.2 cm³/mol. The molecular formula is C13H15N3. The highest BCUT2D eigenvalue weighted by Gasteiger charge is 2.21. The van der Waals surface area contributed by atoms with Gasteiger partial charge in [0.25, 0.3) is 0 Å². The zero-order valence-corrected chi connectivity index (χ0v) is 9.48. The minimum absolute atomic E-state index is 0.567. The van der Waals surface area contributed by atoms with Crippen molar-refractivity contribution in [2.45, 2.75) is 13.3 Å². The second-order valence-corrected chi connectivity index (χ2v) is 4.20. The number of nitrogens with zero attached hydrogens (tertiary/aromatic N) is 3. The zero-order valence-electron chi connectivity index (χ0n) is 9.48. The van der Waals surface area contributed by atoms with Gasteiger partial charge < -0.3 is 4.90 Å². The summed E-state index contributed by atoms with van der Waals surface area (Å²) in [5.41, 5.74) is 1.65. The lowest BCUT2D eigenvalue weighted by molar-refractivity contribution is 0.740. The lowest BCUT2D eigenvalue weighted by Crippen LogP contribution is -2.20. The molecule has 0 spiro atoms. The third-order valence-electron chi connectivity index (χ3n) is 3.10. The number of hydrogen-bond acceptors (Lipinski definition) is 3. The SMILES string of the molecule is C=CC1CCN(c2cc(C)c(C#N)cn2)C1. The maximum absolute atomic E-state index is 8.84. The molecule has 1 aliphatic rings. The van der Waals surface area contributed by atoms with Gasteiger partial charge in [0.2, 0.25) is 0 Å². The maximum atomic E-state index is 8.84. The van der Waals surface area contributed by atoms with Crippen LogP contribution in [0.25, 0.3) is 0 Å². The van der Waals surface area contributed by atoms with Gasteiger partial charge in [0.15, 0.2) is 0 Å². The van der Waals surface area contributed by atoms with Crippen LogP contribution < -0.4 is 4.90 Å². The number of aryl methyl sites for hydroxylation is 1. The predicted octanol–water partition coefficient (Wildman–Crippen LogP) is 2.27. The van der Waals surface area contributed by atoms with E-state index in [4.69, 9.17) is 5.26 Å². The molecule has 2 rings (SSSR count). The Bertz CT molecular complexity index is 445. The van der Waals surface area contributed by atoms with Gasteiger partial charge in [-0.05, 0) is 30.9 Å². The third-order valence-corrected chi connectivity index (χ3v) is 3.10. The molecule has 1 saturated heterocycles. The molecule has 0 aromatic carbocycles. The molecule has 1 atom stereocenters. The first-order valence-electron chi connectivity index (χ1n) is 5.49. The summed E-state index contributed by atoms with van der Waals surface area (Å²) in [6.45, 7) is 7.79. The third kappa shape index (κ3) is 1.92. The summed E-state index contributed by atoms with van der Waals surface area (Å²) in [7, 11) is 0. The maximum Gasteiger partial charge on any atom is 0.128 e. The van der Waals surface area contributed by atoms with E-state index < -0.39 is 0 Å². The quantitative estimate of drug-likeness (QED) is 0.707. The fourth-order valence-electron chi connectivity index (χ4n) is 2.02. The van der Waals surface area contributed by atoms with Crippen LogP contribution in [0.15, 0.2) is 24.9 Å². The van der Waals surface area contributed by atoms with Gasteiger partial charge in [-0.1, -0.05) is 6.08 Å². The van der Waals surface area contributed by atoms with E-state index >= 15 is 0 Å². The number of hydrogen-bond donors (Lipinski definition) is 0. The smallest absolute Gasteiger partial charge is 0.128 e. The van der Waals surface area contributed by atoms with Gasteiger partial charge in [-0.15, -0.1) is 6.58 Å². The Labute approximate surface area is 96.0 Å². The van der Waals surface area contributed by atoms with Crippen molar-refractivity contribution in [3.05, 3.63) is 36.0 Å². The van der Waals surface area contributed by atoms with Crippen molar-refractivity contribution in [1.29, 1.82) is 5.26 Å². The van der Waals surface area contributed by atoms with Crippen molar-refractivity contribution in [3.63, 3.8) is 0 Å². The summed E-state index contributed by atoms with van der Waals surface area (Å²) >= 11 is 0. The molecule has 0 aliphatic carbocycles. The molecule has 1 unspecified atom stereocenters. The fraction of sp³-hybridized carbons (Fsp3) is 0.385. The molecule has 1 aliphatic heterocycles. The van der Waals surface area contributed by atoms with Crippen molar-refractivity contribution < 1.29 is 0 Å². The summed E-state index contributed by atoms with van der Waals surface area (Å²) in [6, 6.07) is 4.13. The van der Waals surface area contributed by atoms with E-state index in [-0.39, 0.29) is 0 Å². The minimum Gasteiger partial charge on any atom is -0.356 e. The second kappa shape index (κ2) is 4.36. The number of pyridine rings is 1. The molecule has 82 valence electrons. The van der Waals surface area contributed by atoms with E-state index in [1.165, 1.54) is 0 Å². The van der Waals surface area contributed by atoms with Crippen LogP contribution in [0, 0.1) is 24.2 Å². The molecule has 0 bridgehead atoms. The van der Waals surface area contributed by atoms with E-state index in [2.05, 4.69) is 22.5 Å². The molecule has 0 radical (unpaired) electrons. The van der Waals surface area contributed by atoms with Gasteiger partial charge in [0, 0.05) is 19.3 Å². The first-order chi connectivity index (χ1) is 7.74. The average Bonchev–Trinajstić information content (AvgIpc) is 2.77. The number of anilines is 1. The average molecular weight is 213 g/mol. The Morgan fingerprint density at radius 3 is 3.06 bits per heavy atom. The number of rotatable bonds is 2. The van der Waals surface area contributed by atoms with Gasteiger partial charge in [0.1, 0.15) is 11.9 Å². The van der Waals surface area contributed by atoms with Gasteiger partial charge in [-0.2, -0.15) is 5.26 Å². The van der Waals surface area contributed by atoms with Crippen LogP contribution in [-0.2, 0) is 0 Å². The van der Waals surface area contributed by atoms with Gasteiger partial charge >= 0.3 is 0 Å². The summed E-state index contributed by atoms with van der Waals surface area (Å²) in [5.74, 6) is 1.54. The molecule has 1 aromatic rings. The molecule has 3 heteroatoms. The molecule has 0 N–H and O–H groups in total. The Morgan fingerprint density at radius 1 is 1.69 bits per heavy atom. The van der Waals surface area contributed by atoms with Crippen molar-refractivity contribution in [3.8, 4) is 6.07 Å². The monoisotopic (exact) mass is 213 g/mol. The standard InChI is InChI=1S/C13H15N3/c1-3-11-4-5-16(9-11)13-6-10(2)12(7-14)8-15-13/h3,6,8,11H,1,4-5,9H2,2H3. The molecule has 1 aromatic heterocycles. The number of nitriles is 1. The molecule has 2 heterocycles. The highest BCUT2D eigenvalue weighted by molar-refractivity contribution is 5.47. The minimum atomic E-state index is 0.567. The van der Waals surface area contributed by atoms with Crippen molar-refractivity contribution in [1.82, 2.24) is 4.98 Å². The van der Waals surface area contributed by atoms with Crippen molar-refractivity contribution in [2.24, 2.45) is 5.92 Å². The van der Waals surface area contributed by atoms with Gasteiger partial charge in [-0.3, -0.25) is 0 Å². The van der Waals surface area contributed by atoms with Gasteiger partial charge in [-0.25, -0.2) is 4.98 Å². The van der Waals surface area contributed by atoms with Crippen LogP contribution in [0.2, 0.25) is 0 Å². The molecule has 0 saturated carbocycles. The Balaban J connectivity index is 2.20. The molecular weight excluding hydrogens is 198 g/mol. The van der Waals surface area contributed by atoms with Crippen LogP contribution in [0.5, 0.6) is 0 Å². The highest BCUT2D eigenvalue weighted by atomic mass is 15.2. The number of aromatic nitrogens is 1. The Hall–Kier alpha value is -1.82. The van der Waals surface area contributed by atoms with E-state index in [1.807, 2.05) is 19.1 Å². The van der Waals surface area contributed by atoms with Crippen LogP contribution in [0.1, 0.15) is 17.5 Å². The fourth-order valence-corrected chi connectivity index (χ4v) is 2.02. The summed E-state index contributed by atoms with van der Waals surface area (Å²) < 4.78 is 0. The van der Waals surface area contributed by atoms with Crippen LogP contribution in [-0.4, -0.2) is 18.1 Å². The molecule has 1 fully saturated rings. The highest BCUT2D eigenvalue weighted by Crippen LogP contribution is 2.23. The molecule has 3 nitrogen and oxygen atoms in total. The van der Waals surface area contributed by atoms with Gasteiger partial charge in [0.05, 0.1) is 5.56 Å².